The van der Waals surface area contributed by atoms with Crippen LogP contribution in [0.25, 0.3) is 0 Å². The Labute approximate surface area is 143 Å². The van der Waals surface area contributed by atoms with Crippen molar-refractivity contribution in [2.75, 3.05) is 19.0 Å². The van der Waals surface area contributed by atoms with Crippen LogP contribution in [0.4, 0.5) is 5.69 Å². The molecule has 1 atom stereocenters. The van der Waals surface area contributed by atoms with Gasteiger partial charge in [-0.05, 0) is 55.2 Å². The molecule has 0 saturated heterocycles. The molecule has 0 bridgehead atoms. The lowest BCUT2D eigenvalue weighted by Gasteiger charge is -2.16. The Morgan fingerprint density at radius 3 is 2.58 bits per heavy atom. The number of rotatable bonds is 7. The summed E-state index contributed by atoms with van der Waals surface area (Å²) >= 11 is 0. The molecule has 0 aliphatic rings. The summed E-state index contributed by atoms with van der Waals surface area (Å²) in [4.78, 5) is 12.3. The second-order valence-electron chi connectivity index (χ2n) is 5.81. The van der Waals surface area contributed by atoms with Crippen molar-refractivity contribution in [1.29, 1.82) is 0 Å². The molecule has 0 aromatic heterocycles. The number of carbonyl (C=O) groups excluding carboxylic acids is 1. The van der Waals surface area contributed by atoms with Gasteiger partial charge in [-0.1, -0.05) is 25.1 Å². The number of anilines is 1. The normalized spacial score (nSPS) is 11.7. The van der Waals surface area contributed by atoms with Crippen molar-refractivity contribution in [3.8, 4) is 11.5 Å². The van der Waals surface area contributed by atoms with E-state index in [1.807, 2.05) is 63.2 Å². The lowest BCUT2D eigenvalue weighted by atomic mass is 9.96. The highest BCUT2D eigenvalue weighted by Gasteiger charge is 2.15. The number of nitrogens with one attached hydrogen (secondary N) is 1. The number of methoxy groups -OCH3 is 1. The van der Waals surface area contributed by atoms with Crippen molar-refractivity contribution in [2.45, 2.75) is 33.1 Å². The van der Waals surface area contributed by atoms with E-state index in [1.165, 1.54) is 0 Å². The van der Waals surface area contributed by atoms with Gasteiger partial charge in [0.15, 0.2) is 0 Å². The summed E-state index contributed by atoms with van der Waals surface area (Å²) in [6, 6.07) is 13.5. The molecule has 2 aromatic carbocycles. The highest BCUT2D eigenvalue weighted by molar-refractivity contribution is 5.91. The maximum Gasteiger partial charge on any atom is 0.224 e. The first-order valence-electron chi connectivity index (χ1n) is 8.21. The molecule has 0 heterocycles. The highest BCUT2D eigenvalue weighted by atomic mass is 16.5. The zero-order valence-corrected chi connectivity index (χ0v) is 14.8. The number of para-hydroxylation sites is 1. The minimum absolute atomic E-state index is 0.0167. The SMILES string of the molecule is CCOc1ccc(NC(=O)CC(C)c2ccccc2OC)cc1C. The molecule has 2 aromatic rings. The van der Waals surface area contributed by atoms with Crippen LogP contribution in [-0.2, 0) is 4.79 Å². The van der Waals surface area contributed by atoms with Crippen molar-refractivity contribution in [2.24, 2.45) is 0 Å². The molecule has 0 spiro atoms. The van der Waals surface area contributed by atoms with Crippen molar-refractivity contribution in [3.05, 3.63) is 53.6 Å². The fourth-order valence-electron chi connectivity index (χ4n) is 2.72. The number of aryl methyl sites for hydroxylation is 1. The van der Waals surface area contributed by atoms with Crippen molar-refractivity contribution < 1.29 is 14.3 Å². The molecule has 0 aliphatic heterocycles. The summed E-state index contributed by atoms with van der Waals surface area (Å²) in [6.45, 7) is 6.58. The average molecular weight is 327 g/mol. The standard InChI is InChI=1S/C20H25NO3/c1-5-24-18-11-10-16(12-15(18)3)21-20(22)13-14(2)17-8-6-7-9-19(17)23-4/h6-12,14H,5,13H2,1-4H3,(H,21,22). The van der Waals surface area contributed by atoms with Gasteiger partial charge in [-0.15, -0.1) is 0 Å². The molecule has 4 nitrogen and oxygen atoms in total. The van der Waals surface area contributed by atoms with Crippen LogP contribution in [-0.4, -0.2) is 19.6 Å². The summed E-state index contributed by atoms with van der Waals surface area (Å²) < 4.78 is 10.9. The molecule has 24 heavy (non-hydrogen) atoms. The van der Waals surface area contributed by atoms with Gasteiger partial charge >= 0.3 is 0 Å². The highest BCUT2D eigenvalue weighted by Crippen LogP contribution is 2.29. The molecule has 0 fully saturated rings. The smallest absolute Gasteiger partial charge is 0.224 e. The van der Waals surface area contributed by atoms with Crippen LogP contribution < -0.4 is 14.8 Å². The molecule has 0 aliphatic carbocycles. The third kappa shape index (κ3) is 4.51. The lowest BCUT2D eigenvalue weighted by molar-refractivity contribution is -0.116. The molecule has 4 heteroatoms. The van der Waals surface area contributed by atoms with Crippen LogP contribution in [0.2, 0.25) is 0 Å². The van der Waals surface area contributed by atoms with Crippen molar-refractivity contribution >= 4 is 11.6 Å². The largest absolute Gasteiger partial charge is 0.496 e. The number of ether oxygens (including phenoxy) is 2. The zero-order chi connectivity index (χ0) is 17.5. The number of carbonyl (C=O) groups is 1. The van der Waals surface area contributed by atoms with E-state index in [1.54, 1.807) is 7.11 Å². The van der Waals surface area contributed by atoms with Crippen molar-refractivity contribution in [3.63, 3.8) is 0 Å². The van der Waals surface area contributed by atoms with Gasteiger partial charge in [0.2, 0.25) is 5.91 Å². The Kier molecular flexibility index (Phi) is 6.24. The minimum atomic E-state index is -0.0167. The molecule has 0 saturated carbocycles. The van der Waals surface area contributed by atoms with Gasteiger partial charge < -0.3 is 14.8 Å². The quantitative estimate of drug-likeness (QED) is 0.812. The minimum Gasteiger partial charge on any atom is -0.496 e. The second kappa shape index (κ2) is 8.39. The molecule has 1 amide bonds. The molecule has 2 rings (SSSR count). The van der Waals surface area contributed by atoms with E-state index in [0.29, 0.717) is 13.0 Å². The Morgan fingerprint density at radius 2 is 1.92 bits per heavy atom. The van der Waals surface area contributed by atoms with Gasteiger partial charge in [-0.3, -0.25) is 4.79 Å². The fraction of sp³-hybridized carbons (Fsp3) is 0.350. The number of hydrogen-bond donors (Lipinski definition) is 1. The predicted octanol–water partition coefficient (Wildman–Crippen LogP) is 4.53. The van der Waals surface area contributed by atoms with Gasteiger partial charge in [0.1, 0.15) is 11.5 Å². The zero-order valence-electron chi connectivity index (χ0n) is 14.8. The monoisotopic (exact) mass is 327 g/mol. The van der Waals surface area contributed by atoms with E-state index < -0.39 is 0 Å². The maximum absolute atomic E-state index is 12.3. The first-order chi connectivity index (χ1) is 11.5. The molecule has 128 valence electrons. The molecular weight excluding hydrogens is 302 g/mol. The predicted molar refractivity (Wildman–Crippen MR) is 97.0 cm³/mol. The van der Waals surface area contributed by atoms with Gasteiger partial charge in [-0.2, -0.15) is 0 Å². The summed E-state index contributed by atoms with van der Waals surface area (Å²) in [7, 11) is 1.65. The Bertz CT molecular complexity index is 697. The van der Waals surface area contributed by atoms with E-state index in [0.717, 1.165) is 28.3 Å². The second-order valence-corrected chi connectivity index (χ2v) is 5.81. The Hall–Kier alpha value is -2.49. The lowest BCUT2D eigenvalue weighted by Crippen LogP contribution is -2.15. The Balaban J connectivity index is 2.01. The van der Waals surface area contributed by atoms with Crippen LogP contribution in [0.5, 0.6) is 11.5 Å². The van der Waals surface area contributed by atoms with Crippen LogP contribution in [0.3, 0.4) is 0 Å². The summed E-state index contributed by atoms with van der Waals surface area (Å²) in [5.41, 5.74) is 2.83. The van der Waals surface area contributed by atoms with Crippen LogP contribution in [0, 0.1) is 6.92 Å². The van der Waals surface area contributed by atoms with E-state index in [-0.39, 0.29) is 11.8 Å². The third-order valence-corrected chi connectivity index (χ3v) is 3.92. The van der Waals surface area contributed by atoms with Gasteiger partial charge in [-0.25, -0.2) is 0 Å². The van der Waals surface area contributed by atoms with Gasteiger partial charge in [0.25, 0.3) is 0 Å². The first-order valence-corrected chi connectivity index (χ1v) is 8.21. The van der Waals surface area contributed by atoms with E-state index in [9.17, 15) is 4.79 Å². The fourth-order valence-corrected chi connectivity index (χ4v) is 2.72. The van der Waals surface area contributed by atoms with Gasteiger partial charge in [0, 0.05) is 12.1 Å². The van der Waals surface area contributed by atoms with Crippen molar-refractivity contribution in [1.82, 2.24) is 0 Å². The van der Waals surface area contributed by atoms with Crippen LogP contribution in [0.15, 0.2) is 42.5 Å². The Morgan fingerprint density at radius 1 is 1.17 bits per heavy atom. The number of benzene rings is 2. The summed E-state index contributed by atoms with van der Waals surface area (Å²) in [6.07, 6.45) is 0.395. The van der Waals surface area contributed by atoms with Gasteiger partial charge in [0.05, 0.1) is 13.7 Å². The maximum atomic E-state index is 12.3. The van der Waals surface area contributed by atoms with Crippen LogP contribution >= 0.6 is 0 Å². The molecular formula is C20H25NO3. The third-order valence-electron chi connectivity index (χ3n) is 3.92. The number of hydrogen-bond acceptors (Lipinski definition) is 3. The average Bonchev–Trinajstić information content (AvgIpc) is 2.57. The van der Waals surface area contributed by atoms with Crippen LogP contribution in [0.1, 0.15) is 37.3 Å². The van der Waals surface area contributed by atoms with E-state index in [4.69, 9.17) is 9.47 Å². The first kappa shape index (κ1) is 17.9. The summed E-state index contributed by atoms with van der Waals surface area (Å²) in [5.74, 6) is 1.72. The molecule has 0 radical (unpaired) electrons. The summed E-state index contributed by atoms with van der Waals surface area (Å²) in [5, 5.41) is 2.95. The topological polar surface area (TPSA) is 47.6 Å². The van der Waals surface area contributed by atoms with E-state index >= 15 is 0 Å². The van der Waals surface area contributed by atoms with E-state index in [2.05, 4.69) is 5.32 Å². The molecule has 1 unspecified atom stereocenters. The number of amides is 1. The molecule has 1 N–H and O–H groups in total.